The smallest absolute Gasteiger partial charge is 0.423 e. The third-order valence-corrected chi connectivity index (χ3v) is 2.02. The first kappa shape index (κ1) is 9.39. The lowest BCUT2D eigenvalue weighted by Gasteiger charge is -2.01. The number of halogens is 1. The van der Waals surface area contributed by atoms with Crippen molar-refractivity contribution in [3.05, 3.63) is 29.5 Å². The second kappa shape index (κ2) is 3.53. The summed E-state index contributed by atoms with van der Waals surface area (Å²) >= 11 is 5.65. The summed E-state index contributed by atoms with van der Waals surface area (Å²) < 4.78 is 0. The van der Waals surface area contributed by atoms with Gasteiger partial charge in [0, 0.05) is 0 Å². The highest BCUT2D eigenvalue weighted by Crippen LogP contribution is 2.10. The molecule has 0 saturated heterocycles. The molecule has 0 unspecified atom stereocenters. The molecule has 0 saturated carbocycles. The van der Waals surface area contributed by atoms with Crippen LogP contribution >= 0.6 is 11.6 Å². The standard InChI is InChI=1S/C8H6BClN2O2/c10-8-4-11-6-2-1-5(9(13)14)3-7(6)12-8/h1-4,13-14H. The number of fused-ring (bicyclic) bond motifs is 1. The van der Waals surface area contributed by atoms with Gasteiger partial charge in [-0.1, -0.05) is 17.7 Å². The van der Waals surface area contributed by atoms with E-state index >= 15 is 0 Å². The molecule has 1 aromatic heterocycles. The molecule has 0 radical (unpaired) electrons. The lowest BCUT2D eigenvalue weighted by atomic mass is 9.80. The Bertz CT molecular complexity index is 478. The fourth-order valence-corrected chi connectivity index (χ4v) is 1.31. The van der Waals surface area contributed by atoms with Gasteiger partial charge < -0.3 is 10.0 Å². The summed E-state index contributed by atoms with van der Waals surface area (Å²) in [5.41, 5.74) is 1.58. The van der Waals surface area contributed by atoms with Crippen LogP contribution in [0, 0.1) is 0 Å². The Morgan fingerprint density at radius 1 is 1.21 bits per heavy atom. The highest BCUT2D eigenvalue weighted by atomic mass is 35.5. The molecule has 2 rings (SSSR count). The molecule has 0 fully saturated rings. The maximum atomic E-state index is 8.93. The molecule has 2 aromatic rings. The van der Waals surface area contributed by atoms with Crippen molar-refractivity contribution in [1.82, 2.24) is 9.97 Å². The van der Waals surface area contributed by atoms with Crippen LogP contribution in [0.4, 0.5) is 0 Å². The predicted octanol–water partition coefficient (Wildman–Crippen LogP) is -0.0370. The molecule has 0 amide bonds. The average molecular weight is 208 g/mol. The van der Waals surface area contributed by atoms with Crippen molar-refractivity contribution in [2.75, 3.05) is 0 Å². The number of benzene rings is 1. The van der Waals surface area contributed by atoms with Gasteiger partial charge in [-0.3, -0.25) is 4.98 Å². The van der Waals surface area contributed by atoms with E-state index in [-0.39, 0.29) is 5.15 Å². The van der Waals surface area contributed by atoms with E-state index in [9.17, 15) is 0 Å². The molecule has 1 heterocycles. The maximum absolute atomic E-state index is 8.93. The van der Waals surface area contributed by atoms with Crippen molar-refractivity contribution >= 4 is 35.2 Å². The van der Waals surface area contributed by atoms with Crippen LogP contribution in [0.15, 0.2) is 24.4 Å². The number of hydrogen-bond donors (Lipinski definition) is 2. The summed E-state index contributed by atoms with van der Waals surface area (Å²) in [5.74, 6) is 0. The lowest BCUT2D eigenvalue weighted by Crippen LogP contribution is -2.29. The van der Waals surface area contributed by atoms with Gasteiger partial charge in [0.2, 0.25) is 0 Å². The molecule has 0 aliphatic carbocycles. The summed E-state index contributed by atoms with van der Waals surface area (Å²) in [6.45, 7) is 0. The Hall–Kier alpha value is -1.17. The van der Waals surface area contributed by atoms with Gasteiger partial charge in [0.15, 0.2) is 0 Å². The zero-order chi connectivity index (χ0) is 10.1. The molecule has 70 valence electrons. The minimum Gasteiger partial charge on any atom is -0.423 e. The number of rotatable bonds is 1. The molecular weight excluding hydrogens is 202 g/mol. The van der Waals surface area contributed by atoms with E-state index in [4.69, 9.17) is 21.6 Å². The van der Waals surface area contributed by atoms with E-state index in [0.717, 1.165) is 0 Å². The topological polar surface area (TPSA) is 66.2 Å². The van der Waals surface area contributed by atoms with Crippen molar-refractivity contribution in [2.24, 2.45) is 0 Å². The Kier molecular flexibility index (Phi) is 2.37. The second-order valence-electron chi connectivity index (χ2n) is 2.81. The van der Waals surface area contributed by atoms with Gasteiger partial charge in [-0.05, 0) is 17.6 Å². The van der Waals surface area contributed by atoms with E-state index in [1.165, 1.54) is 6.20 Å². The normalized spacial score (nSPS) is 10.5. The highest BCUT2D eigenvalue weighted by Gasteiger charge is 2.11. The summed E-state index contributed by atoms with van der Waals surface area (Å²) in [4.78, 5) is 8.02. The van der Waals surface area contributed by atoms with Gasteiger partial charge in [0.1, 0.15) is 5.15 Å². The molecule has 1 aromatic carbocycles. The third kappa shape index (κ3) is 1.70. The molecule has 2 N–H and O–H groups in total. The maximum Gasteiger partial charge on any atom is 0.488 e. The minimum absolute atomic E-state index is 0.280. The average Bonchev–Trinajstić information content (AvgIpc) is 2.16. The van der Waals surface area contributed by atoms with Crippen LogP contribution in [0.2, 0.25) is 5.15 Å². The molecular formula is C8H6BClN2O2. The number of nitrogens with zero attached hydrogens (tertiary/aromatic N) is 2. The van der Waals surface area contributed by atoms with Crippen molar-refractivity contribution in [3.8, 4) is 0 Å². The summed E-state index contributed by atoms with van der Waals surface area (Å²) in [7, 11) is -1.50. The largest absolute Gasteiger partial charge is 0.488 e. The monoisotopic (exact) mass is 208 g/mol. The number of aromatic nitrogens is 2. The zero-order valence-electron chi connectivity index (χ0n) is 7.05. The van der Waals surface area contributed by atoms with Crippen LogP contribution < -0.4 is 5.46 Å². The lowest BCUT2D eigenvalue weighted by molar-refractivity contribution is 0.426. The second-order valence-corrected chi connectivity index (χ2v) is 3.20. The van der Waals surface area contributed by atoms with Crippen LogP contribution in [0.3, 0.4) is 0 Å². The molecule has 0 bridgehead atoms. The molecule has 0 spiro atoms. The first-order chi connectivity index (χ1) is 6.66. The molecule has 6 heteroatoms. The molecule has 0 aliphatic heterocycles. The van der Waals surface area contributed by atoms with Crippen molar-refractivity contribution in [2.45, 2.75) is 0 Å². The van der Waals surface area contributed by atoms with Gasteiger partial charge in [0.05, 0.1) is 17.2 Å². The minimum atomic E-state index is -1.50. The van der Waals surface area contributed by atoms with Crippen LogP contribution in [0.1, 0.15) is 0 Å². The van der Waals surface area contributed by atoms with Crippen LogP contribution in [-0.2, 0) is 0 Å². The van der Waals surface area contributed by atoms with E-state index in [2.05, 4.69) is 9.97 Å². The summed E-state index contributed by atoms with van der Waals surface area (Å²) in [6.07, 6.45) is 1.44. The van der Waals surface area contributed by atoms with E-state index in [1.807, 2.05) is 0 Å². The Morgan fingerprint density at radius 2 is 2.00 bits per heavy atom. The van der Waals surface area contributed by atoms with Crippen molar-refractivity contribution < 1.29 is 10.0 Å². The number of hydrogen-bond acceptors (Lipinski definition) is 4. The molecule has 4 nitrogen and oxygen atoms in total. The summed E-state index contributed by atoms with van der Waals surface area (Å²) in [6, 6.07) is 4.78. The molecule has 0 atom stereocenters. The van der Waals surface area contributed by atoms with Crippen LogP contribution in [-0.4, -0.2) is 27.1 Å². The first-order valence-corrected chi connectivity index (χ1v) is 4.33. The Balaban J connectivity index is 2.63. The van der Waals surface area contributed by atoms with E-state index in [0.29, 0.717) is 16.5 Å². The fourth-order valence-electron chi connectivity index (χ4n) is 1.17. The molecule has 0 aliphatic rings. The highest BCUT2D eigenvalue weighted by molar-refractivity contribution is 6.58. The SMILES string of the molecule is OB(O)c1ccc2ncc(Cl)nc2c1. The van der Waals surface area contributed by atoms with Gasteiger partial charge in [-0.25, -0.2) is 4.98 Å². The molecule has 14 heavy (non-hydrogen) atoms. The van der Waals surface area contributed by atoms with Crippen LogP contribution in [0.25, 0.3) is 11.0 Å². The van der Waals surface area contributed by atoms with E-state index in [1.54, 1.807) is 18.2 Å². The Morgan fingerprint density at radius 3 is 2.71 bits per heavy atom. The van der Waals surface area contributed by atoms with Crippen molar-refractivity contribution in [3.63, 3.8) is 0 Å². The van der Waals surface area contributed by atoms with Crippen molar-refractivity contribution in [1.29, 1.82) is 0 Å². The summed E-state index contributed by atoms with van der Waals surface area (Å²) in [5, 5.41) is 18.1. The van der Waals surface area contributed by atoms with Gasteiger partial charge in [-0.2, -0.15) is 0 Å². The quantitative estimate of drug-likeness (QED) is 0.646. The Labute approximate surface area is 85.3 Å². The van der Waals surface area contributed by atoms with Gasteiger partial charge in [-0.15, -0.1) is 0 Å². The third-order valence-electron chi connectivity index (χ3n) is 1.84. The fraction of sp³-hybridized carbons (Fsp3) is 0. The van der Waals surface area contributed by atoms with Gasteiger partial charge >= 0.3 is 7.12 Å². The first-order valence-electron chi connectivity index (χ1n) is 3.95. The van der Waals surface area contributed by atoms with Gasteiger partial charge in [0.25, 0.3) is 0 Å². The predicted molar refractivity (Wildman–Crippen MR) is 54.4 cm³/mol. The zero-order valence-corrected chi connectivity index (χ0v) is 7.81. The van der Waals surface area contributed by atoms with Crippen LogP contribution in [0.5, 0.6) is 0 Å². The van der Waals surface area contributed by atoms with E-state index < -0.39 is 7.12 Å².